The molecule has 164 valence electrons. The minimum atomic E-state index is -3.32. The molecule has 0 saturated carbocycles. The minimum Gasteiger partial charge on any atom is -0.453 e. The van der Waals surface area contributed by atoms with E-state index in [-0.39, 0.29) is 22.7 Å². The Morgan fingerprint density at radius 3 is 2.30 bits per heavy atom. The number of aromatic amines is 1. The van der Waals surface area contributed by atoms with Crippen LogP contribution in [0.5, 0.6) is 0 Å². The first-order chi connectivity index (χ1) is 14.3. The summed E-state index contributed by atoms with van der Waals surface area (Å²) in [4.78, 5) is 31.5. The smallest absolute Gasteiger partial charge is 0.409 e. The highest BCUT2D eigenvalue weighted by molar-refractivity contribution is 7.90. The SMILES string of the molecule is COC(=O)N1CCC(N2CCC(n3c(=O)[nH]c4cc(S(C)(=O)=O)ccc43)CC2)CC1. The molecule has 30 heavy (non-hydrogen) atoms. The van der Waals surface area contributed by atoms with Crippen molar-refractivity contribution in [2.24, 2.45) is 0 Å². The number of nitrogens with zero attached hydrogens (tertiary/aromatic N) is 3. The third-order valence-electron chi connectivity index (χ3n) is 6.39. The maximum absolute atomic E-state index is 12.6. The van der Waals surface area contributed by atoms with Crippen LogP contribution in [0.3, 0.4) is 0 Å². The summed E-state index contributed by atoms with van der Waals surface area (Å²) < 4.78 is 30.2. The molecule has 2 saturated heterocycles. The number of methoxy groups -OCH3 is 1. The van der Waals surface area contributed by atoms with E-state index in [0.717, 1.165) is 50.5 Å². The van der Waals surface area contributed by atoms with Gasteiger partial charge in [-0.1, -0.05) is 0 Å². The topological polar surface area (TPSA) is 105 Å². The Labute approximate surface area is 175 Å². The first kappa shape index (κ1) is 20.9. The highest BCUT2D eigenvalue weighted by atomic mass is 32.2. The van der Waals surface area contributed by atoms with Crippen LogP contribution in [0.1, 0.15) is 31.7 Å². The van der Waals surface area contributed by atoms with Gasteiger partial charge in [0.15, 0.2) is 9.84 Å². The normalized spacial score (nSPS) is 20.0. The molecule has 1 N–H and O–H groups in total. The second kappa shape index (κ2) is 8.07. The Bertz CT molecular complexity index is 1090. The van der Waals surface area contributed by atoms with Crippen LogP contribution < -0.4 is 5.69 Å². The van der Waals surface area contributed by atoms with Crippen molar-refractivity contribution in [1.82, 2.24) is 19.4 Å². The van der Waals surface area contributed by atoms with Crippen LogP contribution in [-0.2, 0) is 14.6 Å². The van der Waals surface area contributed by atoms with E-state index in [4.69, 9.17) is 4.74 Å². The number of nitrogens with one attached hydrogen (secondary N) is 1. The van der Waals surface area contributed by atoms with Gasteiger partial charge in [0.05, 0.1) is 23.0 Å². The summed E-state index contributed by atoms with van der Waals surface area (Å²) in [5.41, 5.74) is 1.11. The number of hydrogen-bond acceptors (Lipinski definition) is 6. The zero-order valence-electron chi connectivity index (χ0n) is 17.3. The molecule has 2 fully saturated rings. The maximum atomic E-state index is 12.6. The van der Waals surface area contributed by atoms with Gasteiger partial charge in [-0.25, -0.2) is 18.0 Å². The van der Waals surface area contributed by atoms with Crippen molar-refractivity contribution in [3.63, 3.8) is 0 Å². The van der Waals surface area contributed by atoms with Crippen LogP contribution in [0.25, 0.3) is 11.0 Å². The quantitative estimate of drug-likeness (QED) is 0.784. The van der Waals surface area contributed by atoms with E-state index in [9.17, 15) is 18.0 Å². The number of likely N-dealkylation sites (tertiary alicyclic amines) is 2. The first-order valence-corrected chi connectivity index (χ1v) is 12.2. The number of H-pyrrole nitrogens is 1. The standard InChI is InChI=1S/C20H28N4O5S/c1-29-20(26)23-11-5-14(6-12-23)22-9-7-15(8-10-22)24-18-4-3-16(30(2,27)28)13-17(18)21-19(24)25/h3-4,13-15H,5-12H2,1-2H3,(H,21,25). The van der Waals surface area contributed by atoms with E-state index in [1.54, 1.807) is 21.6 Å². The predicted octanol–water partition coefficient (Wildman–Crippen LogP) is 1.60. The number of sulfone groups is 1. The number of fused-ring (bicyclic) bond motifs is 1. The fourth-order valence-electron chi connectivity index (χ4n) is 4.76. The van der Waals surface area contributed by atoms with Crippen LogP contribution in [0.2, 0.25) is 0 Å². The van der Waals surface area contributed by atoms with Gasteiger partial charge in [0.1, 0.15) is 0 Å². The summed E-state index contributed by atoms with van der Waals surface area (Å²) in [6.45, 7) is 3.21. The van der Waals surface area contributed by atoms with Gasteiger partial charge >= 0.3 is 11.8 Å². The molecule has 10 heteroatoms. The number of imidazole rings is 1. The molecule has 0 atom stereocenters. The Hall–Kier alpha value is -2.33. The van der Waals surface area contributed by atoms with Crippen molar-refractivity contribution in [2.75, 3.05) is 39.5 Å². The molecule has 2 aliphatic rings. The van der Waals surface area contributed by atoms with Crippen molar-refractivity contribution >= 4 is 27.0 Å². The van der Waals surface area contributed by atoms with Crippen LogP contribution >= 0.6 is 0 Å². The van der Waals surface area contributed by atoms with Gasteiger partial charge in [0.2, 0.25) is 0 Å². The molecule has 0 radical (unpaired) electrons. The molecular formula is C20H28N4O5S. The lowest BCUT2D eigenvalue weighted by molar-refractivity contribution is 0.0686. The van der Waals surface area contributed by atoms with E-state index < -0.39 is 9.84 Å². The number of rotatable bonds is 3. The van der Waals surface area contributed by atoms with Gasteiger partial charge in [-0.2, -0.15) is 0 Å². The van der Waals surface area contributed by atoms with Crippen LogP contribution in [0.4, 0.5) is 4.79 Å². The second-order valence-electron chi connectivity index (χ2n) is 8.21. The number of aromatic nitrogens is 2. The second-order valence-corrected chi connectivity index (χ2v) is 10.2. The predicted molar refractivity (Wildman–Crippen MR) is 113 cm³/mol. The number of hydrogen-bond donors (Lipinski definition) is 1. The third-order valence-corrected chi connectivity index (χ3v) is 7.50. The zero-order chi connectivity index (χ0) is 21.5. The van der Waals surface area contributed by atoms with E-state index in [2.05, 4.69) is 9.88 Å². The van der Waals surface area contributed by atoms with Gasteiger partial charge < -0.3 is 19.5 Å². The monoisotopic (exact) mass is 436 g/mol. The molecule has 0 unspecified atom stereocenters. The van der Waals surface area contributed by atoms with Gasteiger partial charge in [0.25, 0.3) is 0 Å². The lowest BCUT2D eigenvalue weighted by Crippen LogP contribution is -2.49. The summed E-state index contributed by atoms with van der Waals surface area (Å²) in [7, 11) is -1.91. The molecule has 1 aromatic carbocycles. The van der Waals surface area contributed by atoms with Crippen LogP contribution in [0, 0.1) is 0 Å². The van der Waals surface area contributed by atoms with Gasteiger partial charge in [-0.15, -0.1) is 0 Å². The molecule has 1 amide bonds. The molecule has 2 aromatic rings. The Morgan fingerprint density at radius 2 is 1.70 bits per heavy atom. The first-order valence-electron chi connectivity index (χ1n) is 10.3. The number of piperidine rings is 2. The molecule has 0 bridgehead atoms. The summed E-state index contributed by atoms with van der Waals surface area (Å²) >= 11 is 0. The summed E-state index contributed by atoms with van der Waals surface area (Å²) in [5, 5.41) is 0. The van der Waals surface area contributed by atoms with E-state index in [1.807, 2.05) is 0 Å². The molecule has 0 spiro atoms. The molecule has 1 aromatic heterocycles. The number of carbonyl (C=O) groups excluding carboxylic acids is 1. The number of amides is 1. The van der Waals surface area contributed by atoms with Crippen LogP contribution in [-0.4, -0.2) is 79.4 Å². The Morgan fingerprint density at radius 1 is 1.07 bits per heavy atom. The summed E-state index contributed by atoms with van der Waals surface area (Å²) in [6, 6.07) is 5.35. The highest BCUT2D eigenvalue weighted by Gasteiger charge is 2.31. The number of carbonyl (C=O) groups is 1. The average Bonchev–Trinajstić information content (AvgIpc) is 3.07. The lowest BCUT2D eigenvalue weighted by atomic mass is 9.97. The molecule has 0 aliphatic carbocycles. The maximum Gasteiger partial charge on any atom is 0.409 e. The van der Waals surface area contributed by atoms with Gasteiger partial charge in [-0.3, -0.25) is 4.57 Å². The molecule has 4 rings (SSSR count). The minimum absolute atomic E-state index is 0.0849. The fourth-order valence-corrected chi connectivity index (χ4v) is 5.40. The van der Waals surface area contributed by atoms with E-state index in [0.29, 0.717) is 24.6 Å². The number of ether oxygens (including phenoxy) is 1. The number of benzene rings is 1. The molecule has 2 aliphatic heterocycles. The van der Waals surface area contributed by atoms with Gasteiger partial charge in [-0.05, 0) is 43.9 Å². The highest BCUT2D eigenvalue weighted by Crippen LogP contribution is 2.29. The summed E-state index contributed by atoms with van der Waals surface area (Å²) in [6.07, 6.45) is 4.48. The third kappa shape index (κ3) is 3.98. The van der Waals surface area contributed by atoms with Crippen molar-refractivity contribution in [3.05, 3.63) is 28.7 Å². The molecule has 3 heterocycles. The Kier molecular flexibility index (Phi) is 5.63. The Balaban J connectivity index is 1.43. The van der Waals surface area contributed by atoms with Crippen molar-refractivity contribution in [1.29, 1.82) is 0 Å². The zero-order valence-corrected chi connectivity index (χ0v) is 18.2. The van der Waals surface area contributed by atoms with Crippen molar-refractivity contribution in [2.45, 2.75) is 42.7 Å². The molecule has 9 nitrogen and oxygen atoms in total. The van der Waals surface area contributed by atoms with Crippen molar-refractivity contribution < 1.29 is 17.9 Å². The largest absolute Gasteiger partial charge is 0.453 e. The van der Waals surface area contributed by atoms with E-state index >= 15 is 0 Å². The van der Waals surface area contributed by atoms with Gasteiger partial charge in [0, 0.05) is 44.5 Å². The fraction of sp³-hybridized carbons (Fsp3) is 0.600. The van der Waals surface area contributed by atoms with Crippen LogP contribution in [0.15, 0.2) is 27.9 Å². The molecular weight excluding hydrogens is 408 g/mol. The van der Waals surface area contributed by atoms with E-state index in [1.165, 1.54) is 13.2 Å². The summed E-state index contributed by atoms with van der Waals surface area (Å²) in [5.74, 6) is 0. The van der Waals surface area contributed by atoms with Crippen molar-refractivity contribution in [3.8, 4) is 0 Å². The average molecular weight is 437 g/mol. The lowest BCUT2D eigenvalue weighted by Gasteiger charge is -2.41.